The van der Waals surface area contributed by atoms with Crippen LogP contribution in [0.5, 0.6) is 0 Å². The molecular weight excluding hydrogens is 208 g/mol. The molecule has 0 aliphatic heterocycles. The van der Waals surface area contributed by atoms with Crippen LogP contribution in [0.2, 0.25) is 0 Å². The van der Waals surface area contributed by atoms with E-state index in [2.05, 4.69) is 19.8 Å². The third-order valence-electron chi connectivity index (χ3n) is 1.09. The zero-order chi connectivity index (χ0) is 11.0. The van der Waals surface area contributed by atoms with Crippen LogP contribution in [0.3, 0.4) is 0 Å². The predicted molar refractivity (Wildman–Crippen MR) is 50.9 cm³/mol. The number of nitrogens with one attached hydrogen (secondary N) is 2. The molecule has 0 amide bonds. The van der Waals surface area contributed by atoms with Crippen molar-refractivity contribution in [3.63, 3.8) is 0 Å². The lowest BCUT2D eigenvalue weighted by Crippen LogP contribution is -2.36. The van der Waals surface area contributed by atoms with E-state index in [4.69, 9.17) is 5.26 Å². The fourth-order valence-corrected chi connectivity index (χ4v) is 0.981. The Kier molecular flexibility index (Phi) is 5.59. The molecular formula is C6H12N4O3S. The highest BCUT2D eigenvalue weighted by atomic mass is 32.2. The molecule has 7 nitrogen and oxygen atoms in total. The highest BCUT2D eigenvalue weighted by Gasteiger charge is 2.01. The minimum absolute atomic E-state index is 0.00897. The minimum atomic E-state index is -3.41. The van der Waals surface area contributed by atoms with Crippen molar-refractivity contribution in [2.24, 2.45) is 4.99 Å². The summed E-state index contributed by atoms with van der Waals surface area (Å²) in [5.41, 5.74) is 0. The van der Waals surface area contributed by atoms with E-state index in [-0.39, 0.29) is 19.1 Å². The molecule has 0 unspecified atom stereocenters. The SMILES string of the molecule is CN=C(NC#N)NCCOS(C)(=O)=O. The van der Waals surface area contributed by atoms with E-state index in [0.29, 0.717) is 0 Å². The van der Waals surface area contributed by atoms with Crippen molar-refractivity contribution in [3.8, 4) is 6.19 Å². The van der Waals surface area contributed by atoms with Gasteiger partial charge >= 0.3 is 0 Å². The average molecular weight is 220 g/mol. The molecule has 0 saturated heterocycles. The van der Waals surface area contributed by atoms with Gasteiger partial charge in [0.1, 0.15) is 0 Å². The van der Waals surface area contributed by atoms with E-state index in [1.807, 2.05) is 0 Å². The number of aliphatic imine (C=N–C) groups is 1. The lowest BCUT2D eigenvalue weighted by molar-refractivity contribution is 0.326. The summed E-state index contributed by atoms with van der Waals surface area (Å²) in [6, 6.07) is 0. The Hall–Kier alpha value is -1.33. The molecule has 0 aromatic rings. The molecule has 0 saturated carbocycles. The fourth-order valence-electron chi connectivity index (χ4n) is 0.595. The molecule has 0 aliphatic rings. The molecule has 0 aromatic carbocycles. The first-order valence-corrected chi connectivity index (χ1v) is 5.51. The van der Waals surface area contributed by atoms with Crippen LogP contribution in [0.4, 0.5) is 0 Å². The molecule has 8 heteroatoms. The molecule has 2 N–H and O–H groups in total. The van der Waals surface area contributed by atoms with Gasteiger partial charge in [-0.15, -0.1) is 0 Å². The van der Waals surface area contributed by atoms with Gasteiger partial charge in [-0.25, -0.2) is 0 Å². The Bertz CT molecular complexity index is 329. The van der Waals surface area contributed by atoms with E-state index >= 15 is 0 Å². The summed E-state index contributed by atoms with van der Waals surface area (Å²) < 4.78 is 25.5. The zero-order valence-electron chi connectivity index (χ0n) is 7.94. The van der Waals surface area contributed by atoms with Crippen LogP contribution in [0, 0.1) is 11.5 Å². The summed E-state index contributed by atoms with van der Waals surface area (Å²) in [4.78, 5) is 3.68. The van der Waals surface area contributed by atoms with Crippen LogP contribution in [-0.4, -0.2) is 40.8 Å². The van der Waals surface area contributed by atoms with Crippen molar-refractivity contribution in [2.75, 3.05) is 26.5 Å². The Morgan fingerprint density at radius 2 is 2.29 bits per heavy atom. The standard InChI is InChI=1S/C6H12N4O3S/c1-8-6(10-5-7)9-3-4-13-14(2,11)12/h3-4H2,1-2H3,(H2,8,9,10). The number of rotatable bonds is 4. The van der Waals surface area contributed by atoms with Gasteiger partial charge in [0, 0.05) is 13.6 Å². The van der Waals surface area contributed by atoms with Gasteiger partial charge in [-0.05, 0) is 0 Å². The van der Waals surface area contributed by atoms with Crippen LogP contribution in [0.25, 0.3) is 0 Å². The quantitative estimate of drug-likeness (QED) is 0.151. The minimum Gasteiger partial charge on any atom is -0.353 e. The lowest BCUT2D eigenvalue weighted by Gasteiger charge is -2.05. The topological polar surface area (TPSA) is 104 Å². The lowest BCUT2D eigenvalue weighted by atomic mass is 10.7. The molecule has 0 aliphatic carbocycles. The second-order valence-electron chi connectivity index (χ2n) is 2.26. The first-order valence-electron chi connectivity index (χ1n) is 3.69. The number of guanidine groups is 1. The molecule has 0 spiro atoms. The van der Waals surface area contributed by atoms with Crippen molar-refractivity contribution in [1.29, 1.82) is 5.26 Å². The van der Waals surface area contributed by atoms with Crippen LogP contribution >= 0.6 is 0 Å². The normalized spacial score (nSPS) is 11.9. The van der Waals surface area contributed by atoms with Gasteiger partial charge in [0.05, 0.1) is 12.9 Å². The van der Waals surface area contributed by atoms with Crippen molar-refractivity contribution in [2.45, 2.75) is 0 Å². The van der Waals surface area contributed by atoms with Gasteiger partial charge in [-0.1, -0.05) is 0 Å². The summed E-state index contributed by atoms with van der Waals surface area (Å²) in [6.07, 6.45) is 2.64. The van der Waals surface area contributed by atoms with Crippen LogP contribution in [0.15, 0.2) is 4.99 Å². The number of hydrogen-bond acceptors (Lipinski definition) is 5. The highest BCUT2D eigenvalue weighted by molar-refractivity contribution is 7.85. The maximum atomic E-state index is 10.5. The summed E-state index contributed by atoms with van der Waals surface area (Å²) in [5.74, 6) is 0.268. The van der Waals surface area contributed by atoms with E-state index in [1.165, 1.54) is 7.05 Å². The number of nitriles is 1. The smallest absolute Gasteiger partial charge is 0.264 e. The first kappa shape index (κ1) is 12.7. The summed E-state index contributed by atoms with van der Waals surface area (Å²) in [7, 11) is -1.92. The number of hydrogen-bond donors (Lipinski definition) is 2. The van der Waals surface area contributed by atoms with Gasteiger partial charge in [0.15, 0.2) is 6.19 Å². The summed E-state index contributed by atoms with van der Waals surface area (Å²) >= 11 is 0. The van der Waals surface area contributed by atoms with Gasteiger partial charge < -0.3 is 5.32 Å². The largest absolute Gasteiger partial charge is 0.353 e. The van der Waals surface area contributed by atoms with Crippen molar-refractivity contribution in [1.82, 2.24) is 10.6 Å². The molecule has 0 heterocycles. The molecule has 0 aromatic heterocycles. The number of nitrogens with zero attached hydrogens (tertiary/aromatic N) is 2. The van der Waals surface area contributed by atoms with E-state index in [0.717, 1.165) is 6.26 Å². The zero-order valence-corrected chi connectivity index (χ0v) is 8.76. The van der Waals surface area contributed by atoms with Gasteiger partial charge in [-0.2, -0.15) is 13.7 Å². The van der Waals surface area contributed by atoms with Gasteiger partial charge in [0.2, 0.25) is 5.96 Å². The van der Waals surface area contributed by atoms with Crippen LogP contribution < -0.4 is 10.6 Å². The van der Waals surface area contributed by atoms with Crippen molar-refractivity contribution >= 4 is 16.1 Å². The molecule has 14 heavy (non-hydrogen) atoms. The first-order chi connectivity index (χ1) is 6.49. The molecule has 0 atom stereocenters. The maximum absolute atomic E-state index is 10.5. The molecule has 0 radical (unpaired) electrons. The van der Waals surface area contributed by atoms with Gasteiger partial charge in [-0.3, -0.25) is 14.5 Å². The van der Waals surface area contributed by atoms with Crippen LogP contribution in [0.1, 0.15) is 0 Å². The van der Waals surface area contributed by atoms with Crippen molar-refractivity contribution < 1.29 is 12.6 Å². The van der Waals surface area contributed by atoms with E-state index in [1.54, 1.807) is 6.19 Å². The Morgan fingerprint density at radius 3 is 2.71 bits per heavy atom. The predicted octanol–water partition coefficient (Wildman–Crippen LogP) is -1.39. The van der Waals surface area contributed by atoms with Crippen molar-refractivity contribution in [3.05, 3.63) is 0 Å². The second kappa shape index (κ2) is 6.17. The Morgan fingerprint density at radius 1 is 1.64 bits per heavy atom. The second-order valence-corrected chi connectivity index (χ2v) is 3.91. The van der Waals surface area contributed by atoms with E-state index in [9.17, 15) is 8.42 Å². The van der Waals surface area contributed by atoms with Gasteiger partial charge in [0.25, 0.3) is 10.1 Å². The summed E-state index contributed by atoms with van der Waals surface area (Å²) in [5, 5.41) is 13.2. The Labute approximate surface area is 82.9 Å². The van der Waals surface area contributed by atoms with Crippen LogP contribution in [-0.2, 0) is 14.3 Å². The fraction of sp³-hybridized carbons (Fsp3) is 0.667. The third-order valence-corrected chi connectivity index (χ3v) is 1.68. The molecule has 0 rings (SSSR count). The Balaban J connectivity index is 3.70. The summed E-state index contributed by atoms with van der Waals surface area (Å²) in [6.45, 7) is 0.236. The maximum Gasteiger partial charge on any atom is 0.264 e. The third kappa shape index (κ3) is 7.33. The molecule has 0 fully saturated rings. The molecule has 0 bridgehead atoms. The van der Waals surface area contributed by atoms with E-state index < -0.39 is 10.1 Å². The monoisotopic (exact) mass is 220 g/mol. The average Bonchev–Trinajstić information content (AvgIpc) is 2.08. The molecule has 80 valence electrons. The highest BCUT2D eigenvalue weighted by Crippen LogP contribution is 1.83.